The number of anilines is 2. The number of para-hydroxylation sites is 1. The Kier molecular flexibility index (Phi) is 3.28. The van der Waals surface area contributed by atoms with E-state index in [1.165, 1.54) is 5.56 Å². The van der Waals surface area contributed by atoms with E-state index in [0.717, 1.165) is 18.5 Å². The molecule has 0 aliphatic carbocycles. The Bertz CT molecular complexity index is 511. The van der Waals surface area contributed by atoms with E-state index in [4.69, 9.17) is 0 Å². The minimum Gasteiger partial charge on any atom is -0.381 e. The molecule has 17 heavy (non-hydrogen) atoms. The molecule has 1 atom stereocenters. The molecule has 1 aliphatic rings. The minimum absolute atomic E-state index is 0.0895. The van der Waals surface area contributed by atoms with Gasteiger partial charge in [0.05, 0.1) is 17.1 Å². The number of aryl methyl sites for hydroxylation is 1. The lowest BCUT2D eigenvalue weighted by molar-refractivity contribution is 0.602. The van der Waals surface area contributed by atoms with Gasteiger partial charge in [0.15, 0.2) is 0 Å². The summed E-state index contributed by atoms with van der Waals surface area (Å²) in [4.78, 5) is 0. The minimum atomic E-state index is -3.21. The van der Waals surface area contributed by atoms with Crippen LogP contribution in [0.15, 0.2) is 18.2 Å². The lowest BCUT2D eigenvalue weighted by atomic mass is 9.98. The number of rotatable bonds is 3. The predicted octanol–water partition coefficient (Wildman–Crippen LogP) is 2.19. The third-order valence-corrected chi connectivity index (χ3v) is 4.32. The molecule has 1 aromatic rings. The molecule has 4 nitrogen and oxygen atoms in total. The van der Waals surface area contributed by atoms with Crippen LogP contribution >= 0.6 is 0 Å². The van der Waals surface area contributed by atoms with E-state index in [1.54, 1.807) is 13.0 Å². The van der Waals surface area contributed by atoms with Gasteiger partial charge in [0.25, 0.3) is 0 Å². The van der Waals surface area contributed by atoms with Gasteiger partial charge in [0, 0.05) is 6.04 Å². The SMILES string of the molecule is CCS(=O)(=O)Nc1cccc2c1NC(C)CC2. The summed E-state index contributed by atoms with van der Waals surface area (Å²) < 4.78 is 25.8. The summed E-state index contributed by atoms with van der Waals surface area (Å²) >= 11 is 0. The molecule has 0 bridgehead atoms. The van der Waals surface area contributed by atoms with Crippen molar-refractivity contribution in [2.45, 2.75) is 32.7 Å². The molecule has 1 aliphatic heterocycles. The molecule has 1 unspecified atom stereocenters. The van der Waals surface area contributed by atoms with Crippen molar-refractivity contribution in [1.82, 2.24) is 0 Å². The van der Waals surface area contributed by atoms with Crippen LogP contribution in [0.1, 0.15) is 25.8 Å². The Morgan fingerprint density at radius 3 is 2.94 bits per heavy atom. The van der Waals surface area contributed by atoms with Crippen LogP contribution in [0.4, 0.5) is 11.4 Å². The summed E-state index contributed by atoms with van der Waals surface area (Å²) in [6.07, 6.45) is 2.07. The molecule has 0 saturated heterocycles. The average Bonchev–Trinajstić information content (AvgIpc) is 2.30. The van der Waals surface area contributed by atoms with Crippen molar-refractivity contribution in [3.8, 4) is 0 Å². The van der Waals surface area contributed by atoms with E-state index in [1.807, 2.05) is 12.1 Å². The van der Waals surface area contributed by atoms with Gasteiger partial charge >= 0.3 is 0 Å². The van der Waals surface area contributed by atoms with Gasteiger partial charge in [-0.2, -0.15) is 0 Å². The van der Waals surface area contributed by atoms with Crippen molar-refractivity contribution in [2.75, 3.05) is 15.8 Å². The van der Waals surface area contributed by atoms with Crippen LogP contribution in [0, 0.1) is 0 Å². The maximum Gasteiger partial charge on any atom is 0.232 e. The summed E-state index contributed by atoms with van der Waals surface area (Å²) in [7, 11) is -3.21. The quantitative estimate of drug-likeness (QED) is 0.869. The number of sulfonamides is 1. The third-order valence-electron chi connectivity index (χ3n) is 3.03. The van der Waals surface area contributed by atoms with Gasteiger partial charge < -0.3 is 5.32 Å². The summed E-state index contributed by atoms with van der Waals surface area (Å²) in [6.45, 7) is 3.74. The number of hydrogen-bond acceptors (Lipinski definition) is 3. The van der Waals surface area contributed by atoms with Crippen molar-refractivity contribution in [3.05, 3.63) is 23.8 Å². The van der Waals surface area contributed by atoms with Crippen molar-refractivity contribution in [1.29, 1.82) is 0 Å². The third kappa shape index (κ3) is 2.72. The van der Waals surface area contributed by atoms with Gasteiger partial charge in [-0.3, -0.25) is 4.72 Å². The monoisotopic (exact) mass is 254 g/mol. The van der Waals surface area contributed by atoms with Gasteiger partial charge in [0.1, 0.15) is 0 Å². The van der Waals surface area contributed by atoms with Crippen LogP contribution < -0.4 is 10.0 Å². The van der Waals surface area contributed by atoms with Crippen molar-refractivity contribution in [2.24, 2.45) is 0 Å². The molecule has 94 valence electrons. The summed E-state index contributed by atoms with van der Waals surface area (Å²) in [5.41, 5.74) is 2.78. The van der Waals surface area contributed by atoms with E-state index < -0.39 is 10.0 Å². The second-order valence-corrected chi connectivity index (χ2v) is 6.44. The fourth-order valence-electron chi connectivity index (χ4n) is 1.99. The normalized spacial score (nSPS) is 19.3. The lowest BCUT2D eigenvalue weighted by Gasteiger charge is -2.26. The highest BCUT2D eigenvalue weighted by Crippen LogP contribution is 2.32. The molecule has 5 heteroatoms. The molecular weight excluding hydrogens is 236 g/mol. The number of nitrogens with one attached hydrogen (secondary N) is 2. The van der Waals surface area contributed by atoms with Gasteiger partial charge in [-0.25, -0.2) is 8.42 Å². The molecule has 0 amide bonds. The molecular formula is C12H18N2O2S. The molecule has 0 saturated carbocycles. The Labute approximate surface area is 102 Å². The summed E-state index contributed by atoms with van der Waals surface area (Å²) in [6, 6.07) is 6.12. The zero-order valence-electron chi connectivity index (χ0n) is 10.2. The highest BCUT2D eigenvalue weighted by Gasteiger charge is 2.18. The number of fused-ring (bicyclic) bond motifs is 1. The van der Waals surface area contributed by atoms with E-state index in [0.29, 0.717) is 11.7 Å². The maximum absolute atomic E-state index is 11.6. The largest absolute Gasteiger partial charge is 0.381 e. The first-order valence-corrected chi connectivity index (χ1v) is 7.56. The Balaban J connectivity index is 2.36. The van der Waals surface area contributed by atoms with E-state index in [-0.39, 0.29) is 5.75 Å². The van der Waals surface area contributed by atoms with Gasteiger partial charge in [-0.1, -0.05) is 12.1 Å². The number of benzene rings is 1. The van der Waals surface area contributed by atoms with Crippen LogP contribution in [0.5, 0.6) is 0 Å². The second kappa shape index (κ2) is 4.56. The van der Waals surface area contributed by atoms with Crippen LogP contribution in [0.25, 0.3) is 0 Å². The van der Waals surface area contributed by atoms with E-state index in [9.17, 15) is 8.42 Å². The number of hydrogen-bond donors (Lipinski definition) is 2. The Morgan fingerprint density at radius 1 is 1.47 bits per heavy atom. The molecule has 0 fully saturated rings. The summed E-state index contributed by atoms with van der Waals surface area (Å²) in [5.74, 6) is 0.0895. The smallest absolute Gasteiger partial charge is 0.232 e. The molecule has 2 rings (SSSR count). The zero-order valence-corrected chi connectivity index (χ0v) is 11.0. The first kappa shape index (κ1) is 12.2. The van der Waals surface area contributed by atoms with Crippen molar-refractivity contribution < 1.29 is 8.42 Å². The van der Waals surface area contributed by atoms with Crippen LogP contribution in [0.3, 0.4) is 0 Å². The van der Waals surface area contributed by atoms with Gasteiger partial charge in [0.2, 0.25) is 10.0 Å². The maximum atomic E-state index is 11.6. The molecule has 0 radical (unpaired) electrons. The van der Waals surface area contributed by atoms with Crippen LogP contribution in [-0.4, -0.2) is 20.2 Å². The van der Waals surface area contributed by atoms with Crippen molar-refractivity contribution >= 4 is 21.4 Å². The summed E-state index contributed by atoms with van der Waals surface area (Å²) in [5, 5.41) is 3.35. The lowest BCUT2D eigenvalue weighted by Crippen LogP contribution is -2.24. The Morgan fingerprint density at radius 2 is 2.24 bits per heavy atom. The van der Waals surface area contributed by atoms with Gasteiger partial charge in [-0.05, 0) is 38.3 Å². The Hall–Kier alpha value is -1.23. The molecule has 1 heterocycles. The van der Waals surface area contributed by atoms with Crippen LogP contribution in [0.2, 0.25) is 0 Å². The zero-order chi connectivity index (χ0) is 12.5. The van der Waals surface area contributed by atoms with Gasteiger partial charge in [-0.15, -0.1) is 0 Å². The van der Waals surface area contributed by atoms with Crippen molar-refractivity contribution in [3.63, 3.8) is 0 Å². The highest BCUT2D eigenvalue weighted by molar-refractivity contribution is 7.92. The molecule has 1 aromatic carbocycles. The molecule has 0 spiro atoms. The fourth-order valence-corrected chi connectivity index (χ4v) is 2.64. The average molecular weight is 254 g/mol. The topological polar surface area (TPSA) is 58.2 Å². The highest BCUT2D eigenvalue weighted by atomic mass is 32.2. The van der Waals surface area contributed by atoms with E-state index in [2.05, 4.69) is 17.0 Å². The molecule has 2 N–H and O–H groups in total. The van der Waals surface area contributed by atoms with Crippen LogP contribution in [-0.2, 0) is 16.4 Å². The molecule has 0 aromatic heterocycles. The van der Waals surface area contributed by atoms with E-state index >= 15 is 0 Å². The standard InChI is InChI=1S/C12H18N2O2S/c1-3-17(15,16)14-11-6-4-5-10-8-7-9(2)13-12(10)11/h4-6,9,13-14H,3,7-8H2,1-2H3. The fraction of sp³-hybridized carbons (Fsp3) is 0.500. The first-order valence-electron chi connectivity index (χ1n) is 5.91. The predicted molar refractivity (Wildman–Crippen MR) is 70.9 cm³/mol. The second-order valence-electron chi connectivity index (χ2n) is 4.43. The first-order chi connectivity index (χ1) is 8.02.